The van der Waals surface area contributed by atoms with Gasteiger partial charge in [-0.3, -0.25) is 0 Å². The molecular formula is C24H27ClFNO2. The Kier molecular flexibility index (Phi) is 4.84. The van der Waals surface area contributed by atoms with Crippen LogP contribution in [-0.2, 0) is 13.2 Å². The summed E-state index contributed by atoms with van der Waals surface area (Å²) in [5, 5.41) is 15.4. The van der Waals surface area contributed by atoms with E-state index in [-0.39, 0.29) is 18.0 Å². The lowest BCUT2D eigenvalue weighted by Gasteiger charge is -2.60. The van der Waals surface area contributed by atoms with Gasteiger partial charge in [0, 0.05) is 28.2 Å². The minimum Gasteiger partial charge on any atom is -0.488 e. The van der Waals surface area contributed by atoms with Crippen molar-refractivity contribution in [1.82, 2.24) is 5.32 Å². The predicted octanol–water partition coefficient (Wildman–Crippen LogP) is 5.23. The Labute approximate surface area is 176 Å². The van der Waals surface area contributed by atoms with E-state index < -0.39 is 5.60 Å². The van der Waals surface area contributed by atoms with Crippen molar-refractivity contribution in [1.29, 1.82) is 0 Å². The first-order valence-corrected chi connectivity index (χ1v) is 10.9. The molecule has 6 rings (SSSR count). The van der Waals surface area contributed by atoms with Gasteiger partial charge in [0.25, 0.3) is 0 Å². The molecule has 0 saturated heterocycles. The quantitative estimate of drug-likeness (QED) is 0.678. The van der Waals surface area contributed by atoms with E-state index in [1.807, 2.05) is 18.2 Å². The summed E-state index contributed by atoms with van der Waals surface area (Å²) in [5.41, 5.74) is 1.01. The molecule has 2 N–H and O–H groups in total. The van der Waals surface area contributed by atoms with E-state index in [1.54, 1.807) is 18.2 Å². The summed E-state index contributed by atoms with van der Waals surface area (Å²) in [6.07, 6.45) is 6.29. The third kappa shape index (κ3) is 3.90. The molecular weight excluding hydrogens is 389 g/mol. The molecule has 2 aromatic rings. The molecule has 0 radical (unpaired) electrons. The second-order valence-electron chi connectivity index (χ2n) is 9.45. The minimum absolute atomic E-state index is 0.00393. The van der Waals surface area contributed by atoms with E-state index in [9.17, 15) is 9.50 Å². The lowest BCUT2D eigenvalue weighted by atomic mass is 9.51. The number of nitrogens with one attached hydrogen (secondary N) is 1. The van der Waals surface area contributed by atoms with Crippen LogP contribution in [0.4, 0.5) is 4.39 Å². The van der Waals surface area contributed by atoms with Crippen LogP contribution in [0.2, 0.25) is 5.02 Å². The highest BCUT2D eigenvalue weighted by Crippen LogP contribution is 2.57. The number of halogens is 2. The molecule has 2 atom stereocenters. The second kappa shape index (κ2) is 7.26. The molecule has 2 unspecified atom stereocenters. The summed E-state index contributed by atoms with van der Waals surface area (Å²) in [6.45, 7) is 0.805. The lowest BCUT2D eigenvalue weighted by molar-refractivity contribution is -0.142. The average molecular weight is 416 g/mol. The smallest absolute Gasteiger partial charge is 0.129 e. The number of rotatable bonds is 6. The zero-order valence-electron chi connectivity index (χ0n) is 16.5. The molecule has 4 saturated carbocycles. The number of hydrogen-bond donors (Lipinski definition) is 2. The molecule has 4 bridgehead atoms. The van der Waals surface area contributed by atoms with Gasteiger partial charge < -0.3 is 15.2 Å². The van der Waals surface area contributed by atoms with Crippen molar-refractivity contribution in [3.05, 3.63) is 64.4 Å². The normalized spacial score (nSPS) is 32.5. The van der Waals surface area contributed by atoms with Crippen LogP contribution in [0.3, 0.4) is 0 Å². The standard InChI is InChI=1S/C24H27ClFNO2/c25-20-5-6-22(29-14-18-3-1-2-4-21(18)26)19(8-20)13-27-23-9-16-7-17(10-23)12-24(28,11-16)15-23/h1-6,8,16-17,27-28H,7,9-15H2. The molecule has 4 aliphatic carbocycles. The molecule has 4 fully saturated rings. The van der Waals surface area contributed by atoms with E-state index in [1.165, 1.54) is 12.5 Å². The zero-order chi connectivity index (χ0) is 20.1. The fourth-order valence-electron chi connectivity index (χ4n) is 6.30. The number of ether oxygens (including phenoxy) is 1. The van der Waals surface area contributed by atoms with Gasteiger partial charge in [-0.25, -0.2) is 4.39 Å². The Bertz CT molecular complexity index is 904. The molecule has 0 aliphatic heterocycles. The maximum absolute atomic E-state index is 13.9. The highest BCUT2D eigenvalue weighted by Gasteiger charge is 2.56. The predicted molar refractivity (Wildman–Crippen MR) is 111 cm³/mol. The summed E-state index contributed by atoms with van der Waals surface area (Å²) < 4.78 is 19.9. The maximum Gasteiger partial charge on any atom is 0.129 e. The molecule has 29 heavy (non-hydrogen) atoms. The summed E-state index contributed by atoms with van der Waals surface area (Å²) >= 11 is 6.25. The van der Waals surface area contributed by atoms with Crippen molar-refractivity contribution in [2.45, 2.75) is 62.8 Å². The average Bonchev–Trinajstić information content (AvgIpc) is 2.65. The van der Waals surface area contributed by atoms with Crippen molar-refractivity contribution in [2.75, 3.05) is 0 Å². The second-order valence-corrected chi connectivity index (χ2v) is 9.89. The first-order chi connectivity index (χ1) is 13.9. The van der Waals surface area contributed by atoms with Gasteiger partial charge in [0.15, 0.2) is 0 Å². The highest BCUT2D eigenvalue weighted by molar-refractivity contribution is 6.30. The Morgan fingerprint density at radius 2 is 1.83 bits per heavy atom. The summed E-state index contributed by atoms with van der Waals surface area (Å²) in [4.78, 5) is 0. The molecule has 4 aliphatic rings. The van der Waals surface area contributed by atoms with Gasteiger partial charge >= 0.3 is 0 Å². The van der Waals surface area contributed by atoms with Crippen LogP contribution >= 0.6 is 11.6 Å². The monoisotopic (exact) mass is 415 g/mol. The molecule has 154 valence electrons. The van der Waals surface area contributed by atoms with Gasteiger partial charge in [-0.05, 0) is 74.6 Å². The molecule has 0 spiro atoms. The van der Waals surface area contributed by atoms with Gasteiger partial charge in [0.05, 0.1) is 5.60 Å². The van der Waals surface area contributed by atoms with Crippen LogP contribution in [0.15, 0.2) is 42.5 Å². The maximum atomic E-state index is 13.9. The van der Waals surface area contributed by atoms with Gasteiger partial charge in [-0.15, -0.1) is 0 Å². The largest absolute Gasteiger partial charge is 0.488 e. The Hall–Kier alpha value is -1.62. The minimum atomic E-state index is -0.490. The number of hydrogen-bond acceptors (Lipinski definition) is 3. The first-order valence-electron chi connectivity index (χ1n) is 10.5. The SMILES string of the molecule is OC12CC3CC(C1)CC(NCc1cc(Cl)ccc1OCc1ccccc1F)(C3)C2. The van der Waals surface area contributed by atoms with Crippen molar-refractivity contribution in [2.24, 2.45) is 11.8 Å². The van der Waals surface area contributed by atoms with E-state index >= 15 is 0 Å². The van der Waals surface area contributed by atoms with Crippen molar-refractivity contribution in [3.8, 4) is 5.75 Å². The molecule has 0 amide bonds. The van der Waals surface area contributed by atoms with E-state index in [0.29, 0.717) is 34.7 Å². The van der Waals surface area contributed by atoms with Crippen LogP contribution in [0.1, 0.15) is 49.7 Å². The summed E-state index contributed by atoms with van der Waals surface area (Å²) in [7, 11) is 0. The van der Waals surface area contributed by atoms with Crippen LogP contribution < -0.4 is 10.1 Å². The zero-order valence-corrected chi connectivity index (χ0v) is 17.2. The number of aliphatic hydroxyl groups is 1. The third-order valence-electron chi connectivity index (χ3n) is 7.05. The molecule has 3 nitrogen and oxygen atoms in total. The van der Waals surface area contributed by atoms with Crippen LogP contribution in [-0.4, -0.2) is 16.2 Å². The van der Waals surface area contributed by atoms with Gasteiger partial charge in [-0.1, -0.05) is 29.8 Å². The fourth-order valence-corrected chi connectivity index (χ4v) is 6.50. The summed E-state index contributed by atoms with van der Waals surface area (Å²) in [5.74, 6) is 1.71. The van der Waals surface area contributed by atoms with Gasteiger partial charge in [0.1, 0.15) is 18.2 Å². The van der Waals surface area contributed by atoms with Crippen molar-refractivity contribution < 1.29 is 14.2 Å². The van der Waals surface area contributed by atoms with E-state index in [2.05, 4.69) is 5.32 Å². The lowest BCUT2D eigenvalue weighted by Crippen LogP contribution is -2.64. The van der Waals surface area contributed by atoms with Crippen LogP contribution in [0.25, 0.3) is 0 Å². The number of benzene rings is 2. The Morgan fingerprint density at radius 1 is 1.07 bits per heavy atom. The third-order valence-corrected chi connectivity index (χ3v) is 7.28. The first kappa shape index (κ1) is 19.3. The highest BCUT2D eigenvalue weighted by atomic mass is 35.5. The van der Waals surface area contributed by atoms with E-state index in [4.69, 9.17) is 16.3 Å². The molecule has 0 heterocycles. The summed E-state index contributed by atoms with van der Waals surface area (Å²) in [6, 6.07) is 12.2. The van der Waals surface area contributed by atoms with Gasteiger partial charge in [-0.2, -0.15) is 0 Å². The van der Waals surface area contributed by atoms with Crippen molar-refractivity contribution in [3.63, 3.8) is 0 Å². The Morgan fingerprint density at radius 3 is 2.55 bits per heavy atom. The van der Waals surface area contributed by atoms with E-state index in [0.717, 1.165) is 37.7 Å². The Balaban J connectivity index is 1.31. The molecule has 5 heteroatoms. The van der Waals surface area contributed by atoms with Crippen LogP contribution in [0.5, 0.6) is 5.75 Å². The fraction of sp³-hybridized carbons (Fsp3) is 0.500. The molecule has 2 aromatic carbocycles. The van der Waals surface area contributed by atoms with Crippen molar-refractivity contribution >= 4 is 11.6 Å². The van der Waals surface area contributed by atoms with Crippen LogP contribution in [0, 0.1) is 17.7 Å². The van der Waals surface area contributed by atoms with Gasteiger partial charge in [0.2, 0.25) is 0 Å². The molecule has 0 aromatic heterocycles. The topological polar surface area (TPSA) is 41.5 Å².